The van der Waals surface area contributed by atoms with Crippen molar-refractivity contribution >= 4 is 11.9 Å². The molecule has 0 saturated heterocycles. The lowest BCUT2D eigenvalue weighted by Crippen LogP contribution is -2.43. The first-order valence-electron chi connectivity index (χ1n) is 7.71. The first kappa shape index (κ1) is 14.8. The quantitative estimate of drug-likeness (QED) is 0.788. The molecule has 0 bridgehead atoms. The van der Waals surface area contributed by atoms with Crippen LogP contribution in [-0.2, 0) is 11.2 Å². The maximum atomic E-state index is 5.47. The second-order valence-electron chi connectivity index (χ2n) is 5.84. The molecule has 0 fully saturated rings. The van der Waals surface area contributed by atoms with Gasteiger partial charge in [0.15, 0.2) is 12.3 Å². The summed E-state index contributed by atoms with van der Waals surface area (Å²) in [4.78, 5) is 2.29. The number of fused-ring (bicyclic) bond motifs is 1. The van der Waals surface area contributed by atoms with Crippen molar-refractivity contribution in [3.63, 3.8) is 0 Å². The highest BCUT2D eigenvalue weighted by atomic mass is 16.5. The van der Waals surface area contributed by atoms with Gasteiger partial charge in [0.05, 0.1) is 11.3 Å². The van der Waals surface area contributed by atoms with Crippen LogP contribution in [0.3, 0.4) is 0 Å². The molecule has 1 aliphatic rings. The van der Waals surface area contributed by atoms with Crippen LogP contribution in [0.2, 0.25) is 0 Å². The molecule has 22 heavy (non-hydrogen) atoms. The van der Waals surface area contributed by atoms with Gasteiger partial charge >= 0.3 is 0 Å². The van der Waals surface area contributed by atoms with Crippen molar-refractivity contribution in [1.82, 2.24) is 0 Å². The monoisotopic (exact) mass is 295 g/mol. The van der Waals surface area contributed by atoms with Crippen LogP contribution in [0, 0.1) is 0 Å². The Hall–Kier alpha value is -2.13. The van der Waals surface area contributed by atoms with Gasteiger partial charge in [0.1, 0.15) is 6.61 Å². The second-order valence-corrected chi connectivity index (χ2v) is 5.84. The summed E-state index contributed by atoms with van der Waals surface area (Å²) in [5.41, 5.74) is 3.90. The van der Waals surface area contributed by atoms with E-state index in [9.17, 15) is 0 Å². The Morgan fingerprint density at radius 1 is 1.09 bits per heavy atom. The van der Waals surface area contributed by atoms with Crippen LogP contribution in [-0.4, -0.2) is 44.3 Å². The summed E-state index contributed by atoms with van der Waals surface area (Å²) >= 11 is 0. The second kappa shape index (κ2) is 6.75. The molecule has 1 heterocycles. The predicted molar refractivity (Wildman–Crippen MR) is 90.9 cm³/mol. The molecule has 3 heteroatoms. The number of rotatable bonds is 5. The van der Waals surface area contributed by atoms with E-state index in [4.69, 9.17) is 4.74 Å². The molecule has 3 rings (SSSR count). The Balaban J connectivity index is 1.87. The van der Waals surface area contributed by atoms with Gasteiger partial charge in [0.2, 0.25) is 6.67 Å². The third-order valence-corrected chi connectivity index (χ3v) is 4.17. The van der Waals surface area contributed by atoms with E-state index < -0.39 is 0 Å². The Kier molecular flexibility index (Phi) is 4.54. The molecule has 0 radical (unpaired) electrons. The predicted octanol–water partition coefficient (Wildman–Crippen LogP) is 2.78. The first-order chi connectivity index (χ1) is 10.8. The number of hydrogen-bond donors (Lipinski definition) is 0. The van der Waals surface area contributed by atoms with E-state index in [0.717, 1.165) is 19.7 Å². The lowest BCUT2D eigenvalue weighted by atomic mass is 10.0. The van der Waals surface area contributed by atoms with Gasteiger partial charge < -0.3 is 9.64 Å². The van der Waals surface area contributed by atoms with E-state index in [2.05, 4.69) is 77.3 Å². The SMILES string of the molecule is COCC(Cc1ccccc1)[N+]1=Cc2ccccc2N(C)C1. The maximum absolute atomic E-state index is 5.47. The molecule has 0 amide bonds. The molecule has 1 aliphatic heterocycles. The summed E-state index contributed by atoms with van der Waals surface area (Å²) in [5, 5.41) is 0. The molecule has 0 saturated carbocycles. The van der Waals surface area contributed by atoms with Crippen LogP contribution in [0.25, 0.3) is 0 Å². The summed E-state index contributed by atoms with van der Waals surface area (Å²) in [7, 11) is 3.92. The number of ether oxygens (including phenoxy) is 1. The van der Waals surface area contributed by atoms with Crippen molar-refractivity contribution in [2.75, 3.05) is 32.3 Å². The molecule has 3 nitrogen and oxygen atoms in total. The average molecular weight is 295 g/mol. The molecular weight excluding hydrogens is 272 g/mol. The van der Waals surface area contributed by atoms with E-state index >= 15 is 0 Å². The van der Waals surface area contributed by atoms with Crippen LogP contribution in [0.1, 0.15) is 11.1 Å². The largest absolute Gasteiger partial charge is 0.378 e. The van der Waals surface area contributed by atoms with Gasteiger partial charge in [-0.15, -0.1) is 0 Å². The van der Waals surface area contributed by atoms with E-state index in [1.807, 2.05) is 0 Å². The van der Waals surface area contributed by atoms with Crippen LogP contribution in [0.15, 0.2) is 54.6 Å². The molecule has 0 aromatic heterocycles. The van der Waals surface area contributed by atoms with E-state index in [1.54, 1.807) is 7.11 Å². The summed E-state index contributed by atoms with van der Waals surface area (Å²) in [5.74, 6) is 0. The normalized spacial score (nSPS) is 15.2. The third-order valence-electron chi connectivity index (χ3n) is 4.17. The van der Waals surface area contributed by atoms with E-state index in [-0.39, 0.29) is 0 Å². The van der Waals surface area contributed by atoms with Gasteiger partial charge in [-0.3, -0.25) is 0 Å². The van der Waals surface area contributed by atoms with Gasteiger partial charge in [-0.1, -0.05) is 42.5 Å². The number of nitrogens with zero attached hydrogens (tertiary/aromatic N) is 2. The summed E-state index contributed by atoms with van der Waals surface area (Å²) in [6.07, 6.45) is 3.25. The van der Waals surface area contributed by atoms with Crippen LogP contribution in [0.4, 0.5) is 5.69 Å². The maximum Gasteiger partial charge on any atom is 0.218 e. The first-order valence-corrected chi connectivity index (χ1v) is 7.71. The van der Waals surface area contributed by atoms with Crippen LogP contribution in [0.5, 0.6) is 0 Å². The molecular formula is C19H23N2O+. The third kappa shape index (κ3) is 3.20. The molecule has 0 spiro atoms. The lowest BCUT2D eigenvalue weighted by molar-refractivity contribution is -0.564. The molecule has 0 aliphatic carbocycles. The fourth-order valence-electron chi connectivity index (χ4n) is 3.06. The van der Waals surface area contributed by atoms with E-state index in [0.29, 0.717) is 6.04 Å². The number of hydrogen-bond acceptors (Lipinski definition) is 2. The minimum absolute atomic E-state index is 0.336. The Bertz CT molecular complexity index is 651. The van der Waals surface area contributed by atoms with Gasteiger partial charge in [-0.25, -0.2) is 4.58 Å². The van der Waals surface area contributed by atoms with E-state index in [1.165, 1.54) is 16.8 Å². The summed E-state index contributed by atoms with van der Waals surface area (Å²) < 4.78 is 7.86. The molecule has 2 aromatic rings. The fourth-order valence-corrected chi connectivity index (χ4v) is 3.06. The number of benzene rings is 2. The van der Waals surface area contributed by atoms with Crippen LogP contribution < -0.4 is 4.90 Å². The van der Waals surface area contributed by atoms with Crippen molar-refractivity contribution in [1.29, 1.82) is 0 Å². The molecule has 1 atom stereocenters. The molecule has 114 valence electrons. The minimum Gasteiger partial charge on any atom is -0.378 e. The van der Waals surface area contributed by atoms with Crippen molar-refractivity contribution in [3.8, 4) is 0 Å². The topological polar surface area (TPSA) is 15.5 Å². The van der Waals surface area contributed by atoms with Gasteiger partial charge in [-0.2, -0.15) is 0 Å². The zero-order valence-corrected chi connectivity index (χ0v) is 13.3. The standard InChI is InChI=1S/C19H23N2O/c1-20-15-21(13-17-10-6-7-11-19(17)20)18(14-22-2)12-16-8-4-3-5-9-16/h3-11,13,18H,12,14-15H2,1-2H3/q+1. The summed E-state index contributed by atoms with van der Waals surface area (Å²) in [6.45, 7) is 1.61. The average Bonchev–Trinajstić information content (AvgIpc) is 2.55. The van der Waals surface area contributed by atoms with Crippen molar-refractivity contribution in [2.45, 2.75) is 12.5 Å². The molecule has 0 N–H and O–H groups in total. The zero-order valence-electron chi connectivity index (χ0n) is 13.3. The number of anilines is 1. The lowest BCUT2D eigenvalue weighted by Gasteiger charge is -2.27. The van der Waals surface area contributed by atoms with Crippen molar-refractivity contribution in [2.24, 2.45) is 0 Å². The Morgan fingerprint density at radius 2 is 1.82 bits per heavy atom. The van der Waals surface area contributed by atoms with Gasteiger partial charge in [0.25, 0.3) is 0 Å². The molecule has 1 unspecified atom stereocenters. The minimum atomic E-state index is 0.336. The highest BCUT2D eigenvalue weighted by molar-refractivity contribution is 5.86. The van der Waals surface area contributed by atoms with Gasteiger partial charge in [-0.05, 0) is 17.7 Å². The smallest absolute Gasteiger partial charge is 0.218 e. The van der Waals surface area contributed by atoms with Crippen molar-refractivity contribution < 1.29 is 9.31 Å². The Morgan fingerprint density at radius 3 is 2.59 bits per heavy atom. The summed E-state index contributed by atoms with van der Waals surface area (Å²) in [6, 6.07) is 19.5. The van der Waals surface area contributed by atoms with Gasteiger partial charge in [0, 0.05) is 20.6 Å². The van der Waals surface area contributed by atoms with Crippen LogP contribution >= 0.6 is 0 Å². The Labute approximate surface area is 132 Å². The number of methoxy groups -OCH3 is 1. The molecule has 2 aromatic carbocycles. The highest BCUT2D eigenvalue weighted by Crippen LogP contribution is 2.21. The van der Waals surface area contributed by atoms with Crippen molar-refractivity contribution in [3.05, 3.63) is 65.7 Å². The number of para-hydroxylation sites is 1. The highest BCUT2D eigenvalue weighted by Gasteiger charge is 2.27. The fraction of sp³-hybridized carbons (Fsp3) is 0.316. The zero-order chi connectivity index (χ0) is 15.4.